The van der Waals surface area contributed by atoms with Crippen LogP contribution in [0.4, 0.5) is 23.7 Å². The molecule has 1 saturated heterocycles. The van der Waals surface area contributed by atoms with E-state index in [1.807, 2.05) is 0 Å². The SMILES string of the molecule is CC(=O)NC[C@H]1CN(c2cc(F)c(C3=CCCCC3)c(F)c2F)C(=O)O1. The van der Waals surface area contributed by atoms with E-state index in [9.17, 15) is 22.8 Å². The summed E-state index contributed by atoms with van der Waals surface area (Å²) in [7, 11) is 0. The molecule has 1 aromatic rings. The van der Waals surface area contributed by atoms with Crippen LogP contribution < -0.4 is 10.2 Å². The van der Waals surface area contributed by atoms with Crippen molar-refractivity contribution in [3.8, 4) is 0 Å². The van der Waals surface area contributed by atoms with Crippen LogP contribution in [0.3, 0.4) is 0 Å². The number of anilines is 1. The maximum absolute atomic E-state index is 14.6. The van der Waals surface area contributed by atoms with E-state index >= 15 is 0 Å². The van der Waals surface area contributed by atoms with Crippen LogP contribution >= 0.6 is 0 Å². The van der Waals surface area contributed by atoms with Gasteiger partial charge < -0.3 is 10.1 Å². The molecule has 0 unspecified atom stereocenters. The molecule has 1 aliphatic heterocycles. The summed E-state index contributed by atoms with van der Waals surface area (Å²) in [6.07, 6.45) is 2.98. The van der Waals surface area contributed by atoms with Crippen molar-refractivity contribution in [1.29, 1.82) is 0 Å². The topological polar surface area (TPSA) is 58.6 Å². The molecule has 1 heterocycles. The van der Waals surface area contributed by atoms with E-state index in [4.69, 9.17) is 4.74 Å². The lowest BCUT2D eigenvalue weighted by molar-refractivity contribution is -0.119. The molecule has 0 radical (unpaired) electrons. The molecule has 1 fully saturated rings. The number of carbonyl (C=O) groups is 2. The van der Waals surface area contributed by atoms with E-state index in [1.54, 1.807) is 6.08 Å². The molecule has 1 aromatic carbocycles. The number of hydrogen-bond acceptors (Lipinski definition) is 3. The van der Waals surface area contributed by atoms with Crippen LogP contribution in [0.2, 0.25) is 0 Å². The van der Waals surface area contributed by atoms with Crippen molar-refractivity contribution >= 4 is 23.3 Å². The molecule has 1 N–H and O–H groups in total. The second kappa shape index (κ2) is 7.39. The molecule has 26 heavy (non-hydrogen) atoms. The van der Waals surface area contributed by atoms with E-state index < -0.39 is 35.3 Å². The Balaban J connectivity index is 1.88. The number of hydrogen-bond donors (Lipinski definition) is 1. The van der Waals surface area contributed by atoms with E-state index in [0.29, 0.717) is 18.4 Å². The van der Waals surface area contributed by atoms with Crippen molar-refractivity contribution in [1.82, 2.24) is 5.32 Å². The van der Waals surface area contributed by atoms with Gasteiger partial charge in [0.1, 0.15) is 11.9 Å². The summed E-state index contributed by atoms with van der Waals surface area (Å²) >= 11 is 0. The van der Waals surface area contributed by atoms with Crippen molar-refractivity contribution in [3.05, 3.63) is 35.2 Å². The van der Waals surface area contributed by atoms with Gasteiger partial charge in [-0.15, -0.1) is 0 Å². The molecule has 0 aromatic heterocycles. The number of allylic oxidation sites excluding steroid dienone is 2. The van der Waals surface area contributed by atoms with Crippen LogP contribution in [-0.2, 0) is 9.53 Å². The number of benzene rings is 1. The molecule has 2 amide bonds. The number of nitrogens with one attached hydrogen (secondary N) is 1. The van der Waals surface area contributed by atoms with Gasteiger partial charge in [-0.3, -0.25) is 9.69 Å². The Morgan fingerprint density at radius 2 is 2.08 bits per heavy atom. The number of ether oxygens (including phenoxy) is 1. The zero-order valence-corrected chi connectivity index (χ0v) is 14.3. The highest BCUT2D eigenvalue weighted by Crippen LogP contribution is 2.36. The van der Waals surface area contributed by atoms with Gasteiger partial charge in [-0.05, 0) is 31.3 Å². The quantitative estimate of drug-likeness (QED) is 0.828. The number of halogens is 3. The second-order valence-corrected chi connectivity index (χ2v) is 6.41. The summed E-state index contributed by atoms with van der Waals surface area (Å²) in [4.78, 5) is 23.7. The monoisotopic (exact) mass is 368 g/mol. The summed E-state index contributed by atoms with van der Waals surface area (Å²) in [5.74, 6) is -3.81. The first-order valence-electron chi connectivity index (χ1n) is 8.48. The van der Waals surface area contributed by atoms with Gasteiger partial charge in [-0.25, -0.2) is 18.0 Å². The third-order valence-electron chi connectivity index (χ3n) is 4.49. The first-order chi connectivity index (χ1) is 12.4. The zero-order chi connectivity index (χ0) is 18.8. The highest BCUT2D eigenvalue weighted by molar-refractivity contribution is 5.90. The lowest BCUT2D eigenvalue weighted by Crippen LogP contribution is -2.33. The Hall–Kier alpha value is -2.51. The number of nitrogens with zero attached hydrogens (tertiary/aromatic N) is 1. The van der Waals surface area contributed by atoms with Crippen molar-refractivity contribution < 1.29 is 27.5 Å². The highest BCUT2D eigenvalue weighted by atomic mass is 19.2. The molecule has 0 bridgehead atoms. The molecular weight excluding hydrogens is 349 g/mol. The normalized spacial score (nSPS) is 20.0. The average Bonchev–Trinajstić information content (AvgIpc) is 2.98. The summed E-state index contributed by atoms with van der Waals surface area (Å²) in [6.45, 7) is 1.23. The zero-order valence-electron chi connectivity index (χ0n) is 14.3. The summed E-state index contributed by atoms with van der Waals surface area (Å²) < 4.78 is 48.7. The van der Waals surface area contributed by atoms with Crippen molar-refractivity contribution in [2.45, 2.75) is 38.7 Å². The predicted octanol–water partition coefficient (Wildman–Crippen LogP) is 3.52. The van der Waals surface area contributed by atoms with Crippen LogP contribution in [0.15, 0.2) is 12.1 Å². The van der Waals surface area contributed by atoms with Gasteiger partial charge in [-0.2, -0.15) is 0 Å². The minimum Gasteiger partial charge on any atom is -0.442 e. The summed E-state index contributed by atoms with van der Waals surface area (Å²) in [5.41, 5.74) is -0.423. The molecule has 2 aliphatic rings. The third-order valence-corrected chi connectivity index (χ3v) is 4.49. The van der Waals surface area contributed by atoms with Crippen molar-refractivity contribution in [2.24, 2.45) is 0 Å². The van der Waals surface area contributed by atoms with E-state index in [-0.39, 0.29) is 24.6 Å². The molecule has 1 atom stereocenters. The van der Waals surface area contributed by atoms with Gasteiger partial charge in [-0.1, -0.05) is 6.08 Å². The molecule has 1 aliphatic carbocycles. The molecule has 0 saturated carbocycles. The van der Waals surface area contributed by atoms with E-state index in [2.05, 4.69) is 5.32 Å². The van der Waals surface area contributed by atoms with Crippen LogP contribution in [0.25, 0.3) is 5.57 Å². The first-order valence-corrected chi connectivity index (χ1v) is 8.48. The fraction of sp³-hybridized carbons (Fsp3) is 0.444. The Labute approximate surface area is 148 Å². The van der Waals surface area contributed by atoms with Gasteiger partial charge in [0.05, 0.1) is 24.3 Å². The fourth-order valence-electron chi connectivity index (χ4n) is 3.22. The van der Waals surface area contributed by atoms with E-state index in [0.717, 1.165) is 23.8 Å². The van der Waals surface area contributed by atoms with Gasteiger partial charge in [0.25, 0.3) is 0 Å². The van der Waals surface area contributed by atoms with Gasteiger partial charge in [0.2, 0.25) is 5.91 Å². The number of carbonyl (C=O) groups excluding carboxylic acids is 2. The molecular formula is C18H19F3N2O3. The maximum atomic E-state index is 14.6. The maximum Gasteiger partial charge on any atom is 0.414 e. The molecule has 5 nitrogen and oxygen atoms in total. The first kappa shape index (κ1) is 18.3. The van der Waals surface area contributed by atoms with Crippen LogP contribution in [0.5, 0.6) is 0 Å². The standard InChI is InChI=1S/C18H19F3N2O3/c1-10(24)22-8-12-9-23(18(25)26-12)14-7-13(19)15(17(21)16(14)20)11-5-3-2-4-6-11/h5,7,12H,2-4,6,8-9H2,1H3,(H,22,24)/t12-/m0/s1. The Morgan fingerprint density at radius 3 is 2.73 bits per heavy atom. The summed E-state index contributed by atoms with van der Waals surface area (Å²) in [5, 5.41) is 2.48. The Bertz CT molecular complexity index is 779. The van der Waals surface area contributed by atoms with Crippen LogP contribution in [-0.4, -0.2) is 31.2 Å². The molecule has 0 spiro atoms. The van der Waals surface area contributed by atoms with Gasteiger partial charge in [0, 0.05) is 13.0 Å². The molecule has 8 heteroatoms. The van der Waals surface area contributed by atoms with Crippen LogP contribution in [0, 0.1) is 17.5 Å². The minimum atomic E-state index is -1.30. The van der Waals surface area contributed by atoms with Crippen molar-refractivity contribution in [2.75, 3.05) is 18.0 Å². The Kier molecular flexibility index (Phi) is 5.20. The number of amides is 2. The smallest absolute Gasteiger partial charge is 0.414 e. The van der Waals surface area contributed by atoms with Gasteiger partial charge in [0.15, 0.2) is 11.6 Å². The van der Waals surface area contributed by atoms with Gasteiger partial charge >= 0.3 is 6.09 Å². The lowest BCUT2D eigenvalue weighted by Gasteiger charge is -2.19. The minimum absolute atomic E-state index is 0.0368. The Morgan fingerprint density at radius 1 is 1.31 bits per heavy atom. The summed E-state index contributed by atoms with van der Waals surface area (Å²) in [6, 6.07) is 0.825. The predicted molar refractivity (Wildman–Crippen MR) is 89.1 cm³/mol. The van der Waals surface area contributed by atoms with E-state index in [1.165, 1.54) is 6.92 Å². The fourth-order valence-corrected chi connectivity index (χ4v) is 3.22. The molecule has 140 valence electrons. The average molecular weight is 368 g/mol. The number of rotatable bonds is 4. The highest BCUT2D eigenvalue weighted by Gasteiger charge is 2.36. The van der Waals surface area contributed by atoms with Crippen molar-refractivity contribution in [3.63, 3.8) is 0 Å². The largest absolute Gasteiger partial charge is 0.442 e. The third kappa shape index (κ3) is 3.54. The lowest BCUT2D eigenvalue weighted by atomic mass is 9.92. The second-order valence-electron chi connectivity index (χ2n) is 6.41. The number of cyclic esters (lactones) is 1. The molecule has 3 rings (SSSR count). The van der Waals surface area contributed by atoms with Crippen LogP contribution in [0.1, 0.15) is 38.2 Å².